The lowest BCUT2D eigenvalue weighted by Crippen LogP contribution is -2.38. The molecule has 0 aliphatic carbocycles. The van der Waals surface area contributed by atoms with Gasteiger partial charge < -0.3 is 19.5 Å². The van der Waals surface area contributed by atoms with Gasteiger partial charge in [0.05, 0.1) is 24.8 Å². The predicted molar refractivity (Wildman–Crippen MR) is 157 cm³/mol. The van der Waals surface area contributed by atoms with E-state index in [1.807, 2.05) is 61.5 Å². The topological polar surface area (TPSA) is 79.3 Å². The third-order valence-corrected chi connectivity index (χ3v) is 7.86. The van der Waals surface area contributed by atoms with Crippen LogP contribution in [0.15, 0.2) is 82.8 Å². The van der Waals surface area contributed by atoms with E-state index >= 15 is 0 Å². The Morgan fingerprint density at radius 2 is 1.77 bits per heavy atom. The van der Waals surface area contributed by atoms with Crippen LogP contribution in [0.5, 0.6) is 5.75 Å². The first-order valence-corrected chi connectivity index (χ1v) is 14.3. The highest BCUT2D eigenvalue weighted by Crippen LogP contribution is 2.40. The zero-order valence-corrected chi connectivity index (χ0v) is 24.1. The van der Waals surface area contributed by atoms with Crippen molar-refractivity contribution in [2.24, 2.45) is 0 Å². The van der Waals surface area contributed by atoms with E-state index < -0.39 is 17.7 Å². The number of nitrogens with zero attached hydrogens (tertiary/aromatic N) is 2. The Kier molecular flexibility index (Phi) is 8.99. The molecule has 2 aliphatic rings. The van der Waals surface area contributed by atoms with Crippen LogP contribution in [0.4, 0.5) is 0 Å². The van der Waals surface area contributed by atoms with Crippen LogP contribution in [0.25, 0.3) is 5.76 Å². The number of carbonyl (C=O) groups is 2. The Hall–Kier alpha value is -3.46. The highest BCUT2D eigenvalue weighted by molar-refractivity contribution is 9.10. The van der Waals surface area contributed by atoms with Crippen LogP contribution in [0, 0.1) is 6.92 Å². The van der Waals surface area contributed by atoms with E-state index in [1.165, 1.54) is 0 Å². The molecule has 3 aromatic carbocycles. The molecule has 0 radical (unpaired) electrons. The lowest BCUT2D eigenvalue weighted by atomic mass is 9.94. The van der Waals surface area contributed by atoms with Gasteiger partial charge in [-0.1, -0.05) is 58.4 Å². The third kappa shape index (κ3) is 6.30. The zero-order valence-electron chi connectivity index (χ0n) is 22.5. The molecule has 0 aromatic heterocycles. The van der Waals surface area contributed by atoms with Crippen molar-refractivity contribution in [1.82, 2.24) is 9.80 Å². The molecule has 7 nitrogen and oxygen atoms in total. The summed E-state index contributed by atoms with van der Waals surface area (Å²) in [5.74, 6) is -0.756. The molecule has 0 bridgehead atoms. The maximum atomic E-state index is 13.4. The molecule has 2 aliphatic heterocycles. The van der Waals surface area contributed by atoms with Crippen LogP contribution in [-0.2, 0) is 20.9 Å². The monoisotopic (exact) mass is 604 g/mol. The first-order valence-electron chi connectivity index (χ1n) is 13.5. The summed E-state index contributed by atoms with van der Waals surface area (Å²) in [5, 5.41) is 11.5. The minimum atomic E-state index is -0.684. The minimum absolute atomic E-state index is 0.104. The average Bonchev–Trinajstić information content (AvgIpc) is 3.22. The van der Waals surface area contributed by atoms with E-state index in [4.69, 9.17) is 9.47 Å². The van der Waals surface area contributed by atoms with Crippen LogP contribution >= 0.6 is 15.9 Å². The van der Waals surface area contributed by atoms with Gasteiger partial charge in [0, 0.05) is 36.2 Å². The van der Waals surface area contributed by atoms with Crippen molar-refractivity contribution in [3.8, 4) is 5.75 Å². The molecule has 1 atom stereocenters. The average molecular weight is 606 g/mol. The number of aliphatic hydroxyl groups excluding tert-OH is 1. The van der Waals surface area contributed by atoms with Gasteiger partial charge in [-0.3, -0.25) is 14.5 Å². The highest BCUT2D eigenvalue weighted by Gasteiger charge is 2.45. The normalized spacial score (nSPS) is 19.2. The van der Waals surface area contributed by atoms with Crippen molar-refractivity contribution in [2.75, 3.05) is 39.4 Å². The zero-order chi connectivity index (χ0) is 28.1. The molecule has 1 unspecified atom stereocenters. The molecule has 3 aromatic rings. The second kappa shape index (κ2) is 12.8. The summed E-state index contributed by atoms with van der Waals surface area (Å²) in [4.78, 5) is 30.6. The number of aryl methyl sites for hydroxylation is 1. The van der Waals surface area contributed by atoms with Crippen molar-refractivity contribution in [3.05, 3.63) is 105 Å². The molecule has 0 saturated carbocycles. The standard InChI is InChI=1S/C32H33BrN2O5/c1-22-19-25(11-12-27(22)40-21-23-7-3-2-4-8-23)30(36)28-29(24-9-5-10-26(33)20-24)35(32(38)31(28)37)14-6-13-34-15-17-39-18-16-34/h2-5,7-12,19-20,29,36H,6,13-18,21H2,1H3/b30-28+. The Balaban J connectivity index is 1.42. The van der Waals surface area contributed by atoms with Gasteiger partial charge in [-0.25, -0.2) is 0 Å². The summed E-state index contributed by atoms with van der Waals surface area (Å²) in [6.45, 7) is 6.66. The first-order chi connectivity index (χ1) is 19.4. The largest absolute Gasteiger partial charge is 0.507 e. The van der Waals surface area contributed by atoms with Gasteiger partial charge in [0.25, 0.3) is 11.7 Å². The fourth-order valence-electron chi connectivity index (χ4n) is 5.27. The van der Waals surface area contributed by atoms with Gasteiger partial charge in [0.2, 0.25) is 0 Å². The molecule has 8 heteroatoms. The number of likely N-dealkylation sites (tertiary alicyclic amines) is 1. The number of ether oxygens (including phenoxy) is 2. The number of rotatable bonds is 9. The fraction of sp³-hybridized carbons (Fsp3) is 0.312. The second-order valence-corrected chi connectivity index (χ2v) is 11.0. The van der Waals surface area contributed by atoms with E-state index in [0.29, 0.717) is 44.1 Å². The molecule has 208 valence electrons. The number of benzene rings is 3. The van der Waals surface area contributed by atoms with Crippen molar-refractivity contribution in [2.45, 2.75) is 26.0 Å². The maximum absolute atomic E-state index is 13.4. The molecular weight excluding hydrogens is 572 g/mol. The predicted octanol–water partition coefficient (Wildman–Crippen LogP) is 5.48. The molecule has 0 spiro atoms. The van der Waals surface area contributed by atoms with Gasteiger partial charge >= 0.3 is 0 Å². The molecule has 40 heavy (non-hydrogen) atoms. The Morgan fingerprint density at radius 3 is 2.50 bits per heavy atom. The Labute approximate surface area is 243 Å². The van der Waals surface area contributed by atoms with Crippen molar-refractivity contribution in [3.63, 3.8) is 0 Å². The van der Waals surface area contributed by atoms with Gasteiger partial charge in [-0.15, -0.1) is 0 Å². The number of carbonyl (C=O) groups excluding carboxylic acids is 2. The van der Waals surface area contributed by atoms with Gasteiger partial charge in [0.15, 0.2) is 0 Å². The summed E-state index contributed by atoms with van der Waals surface area (Å²) in [6.07, 6.45) is 0.712. The van der Waals surface area contributed by atoms with Crippen LogP contribution < -0.4 is 4.74 Å². The third-order valence-electron chi connectivity index (χ3n) is 7.37. The van der Waals surface area contributed by atoms with Gasteiger partial charge in [0.1, 0.15) is 18.1 Å². The number of morpholine rings is 1. The van der Waals surface area contributed by atoms with E-state index in [9.17, 15) is 14.7 Å². The molecule has 2 saturated heterocycles. The smallest absolute Gasteiger partial charge is 0.295 e. The number of hydrogen-bond donors (Lipinski definition) is 1. The Bertz CT molecular complexity index is 1400. The number of Topliss-reactive ketones (excluding diaryl/α,β-unsaturated/α-hetero) is 1. The lowest BCUT2D eigenvalue weighted by molar-refractivity contribution is -0.140. The van der Waals surface area contributed by atoms with Crippen molar-refractivity contribution >= 4 is 33.4 Å². The number of hydrogen-bond acceptors (Lipinski definition) is 6. The summed E-state index contributed by atoms with van der Waals surface area (Å²) >= 11 is 3.52. The number of ketones is 1. The fourth-order valence-corrected chi connectivity index (χ4v) is 5.69. The van der Waals surface area contributed by atoms with E-state index in [1.54, 1.807) is 23.1 Å². The van der Waals surface area contributed by atoms with Gasteiger partial charge in [-0.2, -0.15) is 0 Å². The number of halogens is 1. The van der Waals surface area contributed by atoms with Crippen molar-refractivity contribution < 1.29 is 24.2 Å². The van der Waals surface area contributed by atoms with Crippen LogP contribution in [-0.4, -0.2) is 66.0 Å². The van der Waals surface area contributed by atoms with E-state index in [2.05, 4.69) is 20.8 Å². The summed E-state index contributed by atoms with van der Waals surface area (Å²) < 4.78 is 12.3. The van der Waals surface area contributed by atoms with Crippen LogP contribution in [0.3, 0.4) is 0 Å². The molecule has 2 heterocycles. The van der Waals surface area contributed by atoms with Crippen molar-refractivity contribution in [1.29, 1.82) is 0 Å². The maximum Gasteiger partial charge on any atom is 0.295 e. The minimum Gasteiger partial charge on any atom is -0.507 e. The number of amides is 1. The molecule has 1 amide bonds. The molecule has 2 fully saturated rings. The SMILES string of the molecule is Cc1cc(/C(O)=C2\C(=O)C(=O)N(CCCN3CCOCC3)C2c2cccc(Br)c2)ccc1OCc1ccccc1. The van der Waals surface area contributed by atoms with E-state index in [-0.39, 0.29) is 11.3 Å². The summed E-state index contributed by atoms with van der Waals surface area (Å²) in [5.41, 5.74) is 3.21. The molecular formula is C32H33BrN2O5. The van der Waals surface area contributed by atoms with Gasteiger partial charge in [-0.05, 0) is 60.4 Å². The first kappa shape index (κ1) is 28.1. The lowest BCUT2D eigenvalue weighted by Gasteiger charge is -2.29. The highest BCUT2D eigenvalue weighted by atomic mass is 79.9. The second-order valence-electron chi connectivity index (χ2n) is 10.1. The van der Waals surface area contributed by atoms with Crippen LogP contribution in [0.1, 0.15) is 34.7 Å². The Morgan fingerprint density at radius 1 is 1.00 bits per heavy atom. The summed E-state index contributed by atoms with van der Waals surface area (Å²) in [6, 6.07) is 22.1. The molecule has 1 N–H and O–H groups in total. The quantitative estimate of drug-likeness (QED) is 0.198. The molecule has 5 rings (SSSR count). The summed E-state index contributed by atoms with van der Waals surface area (Å²) in [7, 11) is 0. The van der Waals surface area contributed by atoms with Crippen LogP contribution in [0.2, 0.25) is 0 Å². The van der Waals surface area contributed by atoms with E-state index in [0.717, 1.165) is 40.8 Å². The number of aliphatic hydroxyl groups is 1.